The van der Waals surface area contributed by atoms with Gasteiger partial charge in [0.2, 0.25) is 11.8 Å². The number of carbonyl (C=O) groups is 4. The number of ether oxygens (including phenoxy) is 4. The number of methoxy groups -OCH3 is 3. The van der Waals surface area contributed by atoms with E-state index in [0.29, 0.717) is 39.8 Å². The molecule has 0 spiro atoms. The second kappa shape index (κ2) is 17.9. The second-order valence-electron chi connectivity index (χ2n) is 10.7. The van der Waals surface area contributed by atoms with Crippen LogP contribution in [0.25, 0.3) is 0 Å². The monoisotopic (exact) mass is 752 g/mol. The second-order valence-corrected chi connectivity index (χ2v) is 11.9. The number of ketones is 1. The van der Waals surface area contributed by atoms with Crippen molar-refractivity contribution in [2.24, 2.45) is 0 Å². The number of benzene rings is 2. The van der Waals surface area contributed by atoms with Gasteiger partial charge in [0.25, 0.3) is 0 Å². The third-order valence-corrected chi connectivity index (χ3v) is 8.41. The molecule has 1 aliphatic rings. The normalized spacial score (nSPS) is 17.4. The smallest absolute Gasteiger partial charge is 0.247 e. The number of rotatable bonds is 17. The fourth-order valence-electron chi connectivity index (χ4n) is 5.26. The van der Waals surface area contributed by atoms with Gasteiger partial charge in [-0.05, 0) is 84.3 Å². The fraction of sp³-hybridized carbons (Fsp3) is 0.455. The van der Waals surface area contributed by atoms with Crippen molar-refractivity contribution in [2.75, 3.05) is 41.0 Å². The van der Waals surface area contributed by atoms with Gasteiger partial charge in [-0.15, -0.1) is 0 Å². The SMILES string of the molecule is COc1ccc(OC)c(CCN(C(=O)CCCC(C)=O)[C@@H]2CC(C(=O)NCCO)=C[C@H](Oc3c(I)cc(C=O)cc3OC)[C@H]2O)c1. The molecule has 250 valence electrons. The van der Waals surface area contributed by atoms with Crippen molar-refractivity contribution in [3.8, 4) is 23.0 Å². The number of carbonyl (C=O) groups excluding carboxylic acids is 4. The van der Waals surface area contributed by atoms with E-state index in [1.54, 1.807) is 32.4 Å². The van der Waals surface area contributed by atoms with Gasteiger partial charge in [0.05, 0.1) is 37.5 Å². The largest absolute Gasteiger partial charge is 0.497 e. The molecule has 0 aromatic heterocycles. The lowest BCUT2D eigenvalue weighted by Gasteiger charge is -2.41. The summed E-state index contributed by atoms with van der Waals surface area (Å²) in [6.45, 7) is 1.35. The van der Waals surface area contributed by atoms with Gasteiger partial charge in [0.15, 0.2) is 11.5 Å². The molecule has 0 saturated carbocycles. The zero-order valence-corrected chi connectivity index (χ0v) is 28.6. The summed E-state index contributed by atoms with van der Waals surface area (Å²) in [6, 6.07) is 7.55. The average Bonchev–Trinajstić information content (AvgIpc) is 3.05. The number of hydrogen-bond donors (Lipinski definition) is 3. The van der Waals surface area contributed by atoms with E-state index in [1.807, 2.05) is 28.7 Å². The molecule has 2 amide bonds. The Kier molecular flexibility index (Phi) is 14.3. The highest BCUT2D eigenvalue weighted by Crippen LogP contribution is 2.37. The Morgan fingerprint density at radius 2 is 1.80 bits per heavy atom. The molecule has 2 aromatic rings. The maximum absolute atomic E-state index is 13.8. The Morgan fingerprint density at radius 3 is 2.43 bits per heavy atom. The summed E-state index contributed by atoms with van der Waals surface area (Å²) >= 11 is 1.99. The van der Waals surface area contributed by atoms with E-state index in [0.717, 1.165) is 5.56 Å². The highest BCUT2D eigenvalue weighted by molar-refractivity contribution is 14.1. The first kappa shape index (κ1) is 36.8. The highest BCUT2D eigenvalue weighted by atomic mass is 127. The fourth-order valence-corrected chi connectivity index (χ4v) is 6.02. The zero-order valence-electron chi connectivity index (χ0n) is 26.4. The van der Waals surface area contributed by atoms with Crippen LogP contribution in [0.1, 0.15) is 48.5 Å². The van der Waals surface area contributed by atoms with Crippen LogP contribution in [-0.2, 0) is 20.8 Å². The Morgan fingerprint density at radius 1 is 1.07 bits per heavy atom. The zero-order chi connectivity index (χ0) is 33.8. The van der Waals surface area contributed by atoms with Gasteiger partial charge in [-0.25, -0.2) is 0 Å². The minimum atomic E-state index is -1.29. The number of amides is 2. The third kappa shape index (κ3) is 9.66. The van der Waals surface area contributed by atoms with Gasteiger partial charge < -0.3 is 44.2 Å². The average molecular weight is 753 g/mol. The minimum absolute atomic E-state index is 0.00426. The number of nitrogens with zero attached hydrogens (tertiary/aromatic N) is 1. The summed E-state index contributed by atoms with van der Waals surface area (Å²) in [4.78, 5) is 51.6. The topological polar surface area (TPSA) is 161 Å². The third-order valence-electron chi connectivity index (χ3n) is 7.61. The molecule has 0 aliphatic heterocycles. The predicted octanol–water partition coefficient (Wildman–Crippen LogP) is 2.88. The lowest BCUT2D eigenvalue weighted by atomic mass is 9.87. The lowest BCUT2D eigenvalue weighted by Crippen LogP contribution is -2.55. The number of aldehydes is 1. The van der Waals surface area contributed by atoms with E-state index >= 15 is 0 Å². The molecular formula is C33H41IN2O10. The van der Waals surface area contributed by atoms with E-state index in [1.165, 1.54) is 31.1 Å². The highest BCUT2D eigenvalue weighted by Gasteiger charge is 2.41. The first-order valence-corrected chi connectivity index (χ1v) is 15.9. The van der Waals surface area contributed by atoms with Crippen LogP contribution in [0.4, 0.5) is 0 Å². The molecule has 0 unspecified atom stereocenters. The van der Waals surface area contributed by atoms with Crippen molar-refractivity contribution >= 4 is 46.5 Å². The summed E-state index contributed by atoms with van der Waals surface area (Å²) in [5, 5.41) is 23.7. The Balaban J connectivity index is 2.04. The first-order valence-electron chi connectivity index (χ1n) is 14.8. The van der Waals surface area contributed by atoms with Gasteiger partial charge in [-0.3, -0.25) is 14.4 Å². The maximum atomic E-state index is 13.8. The van der Waals surface area contributed by atoms with Crippen LogP contribution in [0.2, 0.25) is 0 Å². The Labute approximate surface area is 282 Å². The Bertz CT molecular complexity index is 1430. The van der Waals surface area contributed by atoms with Crippen LogP contribution in [0.5, 0.6) is 23.0 Å². The molecule has 1 aliphatic carbocycles. The molecule has 3 atom stereocenters. The maximum Gasteiger partial charge on any atom is 0.247 e. The van der Waals surface area contributed by atoms with Crippen LogP contribution < -0.4 is 24.3 Å². The van der Waals surface area contributed by atoms with Crippen molar-refractivity contribution in [3.05, 3.63) is 56.7 Å². The molecular weight excluding hydrogens is 711 g/mol. The van der Waals surface area contributed by atoms with Gasteiger partial charge in [-0.1, -0.05) is 0 Å². The predicted molar refractivity (Wildman–Crippen MR) is 178 cm³/mol. The molecule has 0 heterocycles. The van der Waals surface area contributed by atoms with E-state index in [-0.39, 0.29) is 67.7 Å². The quantitative estimate of drug-likeness (QED) is 0.162. The molecule has 3 N–H and O–H groups in total. The molecule has 2 aromatic carbocycles. The van der Waals surface area contributed by atoms with Crippen LogP contribution in [0, 0.1) is 3.57 Å². The number of hydrogen-bond acceptors (Lipinski definition) is 10. The van der Waals surface area contributed by atoms with Crippen LogP contribution in [0.3, 0.4) is 0 Å². The summed E-state index contributed by atoms with van der Waals surface area (Å²) in [7, 11) is 4.51. The van der Waals surface area contributed by atoms with Crippen molar-refractivity contribution in [1.29, 1.82) is 0 Å². The number of Topliss-reactive ketones (excluding diaryl/α,β-unsaturated/α-hetero) is 1. The molecule has 12 nitrogen and oxygen atoms in total. The van der Waals surface area contributed by atoms with E-state index < -0.39 is 24.2 Å². The molecule has 3 rings (SSSR count). The van der Waals surface area contributed by atoms with Crippen molar-refractivity contribution in [3.63, 3.8) is 0 Å². The lowest BCUT2D eigenvalue weighted by molar-refractivity contribution is -0.138. The van der Waals surface area contributed by atoms with E-state index in [4.69, 9.17) is 18.9 Å². The van der Waals surface area contributed by atoms with Gasteiger partial charge in [0, 0.05) is 43.5 Å². The number of aliphatic hydroxyl groups is 2. The molecule has 0 radical (unpaired) electrons. The molecule has 46 heavy (non-hydrogen) atoms. The number of halogens is 1. The number of nitrogens with one attached hydrogen (secondary N) is 1. The van der Waals surface area contributed by atoms with Crippen LogP contribution in [0.15, 0.2) is 42.0 Å². The summed E-state index contributed by atoms with van der Waals surface area (Å²) < 4.78 is 23.2. The summed E-state index contributed by atoms with van der Waals surface area (Å²) in [5.41, 5.74) is 1.39. The van der Waals surface area contributed by atoms with E-state index in [9.17, 15) is 29.4 Å². The minimum Gasteiger partial charge on any atom is -0.497 e. The molecule has 0 saturated heterocycles. The molecule has 0 fully saturated rings. The summed E-state index contributed by atoms with van der Waals surface area (Å²) in [5.74, 6) is 0.897. The van der Waals surface area contributed by atoms with Crippen molar-refractivity contribution in [2.45, 2.75) is 57.3 Å². The molecule has 13 heteroatoms. The van der Waals surface area contributed by atoms with E-state index in [2.05, 4.69) is 5.32 Å². The number of aliphatic hydroxyl groups excluding tert-OH is 2. The summed E-state index contributed by atoms with van der Waals surface area (Å²) in [6.07, 6.45) is 0.739. The van der Waals surface area contributed by atoms with Crippen LogP contribution >= 0.6 is 22.6 Å². The van der Waals surface area contributed by atoms with Gasteiger partial charge in [-0.2, -0.15) is 0 Å². The van der Waals surface area contributed by atoms with Crippen LogP contribution in [-0.4, -0.2) is 98.3 Å². The van der Waals surface area contributed by atoms with Gasteiger partial charge in [0.1, 0.15) is 35.8 Å². The van der Waals surface area contributed by atoms with Gasteiger partial charge >= 0.3 is 0 Å². The van der Waals surface area contributed by atoms with Crippen molar-refractivity contribution < 1.29 is 48.3 Å². The van der Waals surface area contributed by atoms with Crippen molar-refractivity contribution in [1.82, 2.24) is 10.2 Å². The Hall–Kier alpha value is -3.69. The first-order chi connectivity index (χ1) is 22.1. The standard InChI is InChI=1S/C33H41IN2O10/c1-20(39)6-5-7-30(40)36(12-10-22-16-24(43-2)8-9-27(22)44-3)26-17-23(33(42)35-11-13-37)18-28(31(26)41)46-32-25(34)14-21(19-38)15-29(32)45-4/h8-9,14-16,18-19,26,28,31,37,41H,5-7,10-13,17H2,1-4H3,(H,35,42)/t26-,28+,31+/m1/s1. The molecule has 0 bridgehead atoms.